The number of aromatic nitrogens is 2. The summed E-state index contributed by atoms with van der Waals surface area (Å²) in [5, 5.41) is 0. The van der Waals surface area contributed by atoms with Gasteiger partial charge in [-0.2, -0.15) is 18.2 Å². The summed E-state index contributed by atoms with van der Waals surface area (Å²) in [7, 11) is 1.40. The SMILES string of the molecule is COc1nc(N(CC(F)(F)F)C2CC2)ncc1Br. The Labute approximate surface area is 110 Å². The van der Waals surface area contributed by atoms with Gasteiger partial charge in [0.1, 0.15) is 6.54 Å². The molecule has 1 aromatic rings. The van der Waals surface area contributed by atoms with Crippen LogP contribution in [0.5, 0.6) is 5.88 Å². The number of hydrogen-bond donors (Lipinski definition) is 0. The predicted molar refractivity (Wildman–Crippen MR) is 62.7 cm³/mol. The van der Waals surface area contributed by atoms with Crippen molar-refractivity contribution >= 4 is 21.9 Å². The largest absolute Gasteiger partial charge is 0.480 e. The Morgan fingerprint density at radius 1 is 1.50 bits per heavy atom. The van der Waals surface area contributed by atoms with Crippen LogP contribution in [0.3, 0.4) is 0 Å². The van der Waals surface area contributed by atoms with Crippen LogP contribution in [0.15, 0.2) is 10.7 Å². The number of hydrogen-bond acceptors (Lipinski definition) is 4. The van der Waals surface area contributed by atoms with E-state index in [4.69, 9.17) is 4.74 Å². The first-order valence-corrected chi connectivity index (χ1v) is 6.10. The lowest BCUT2D eigenvalue weighted by molar-refractivity contribution is -0.120. The van der Waals surface area contributed by atoms with Crippen molar-refractivity contribution in [3.8, 4) is 5.88 Å². The summed E-state index contributed by atoms with van der Waals surface area (Å²) in [6.45, 7) is -1.04. The molecule has 1 aliphatic rings. The molecule has 2 rings (SSSR count). The van der Waals surface area contributed by atoms with Gasteiger partial charge in [-0.05, 0) is 28.8 Å². The van der Waals surface area contributed by atoms with Gasteiger partial charge in [0.15, 0.2) is 0 Å². The minimum atomic E-state index is -4.27. The molecule has 0 amide bonds. The Morgan fingerprint density at radius 2 is 2.17 bits per heavy atom. The van der Waals surface area contributed by atoms with E-state index in [-0.39, 0.29) is 17.9 Å². The lowest BCUT2D eigenvalue weighted by Gasteiger charge is -2.23. The number of alkyl halides is 3. The quantitative estimate of drug-likeness (QED) is 0.853. The lowest BCUT2D eigenvalue weighted by Crippen LogP contribution is -2.37. The molecule has 0 atom stereocenters. The van der Waals surface area contributed by atoms with Crippen molar-refractivity contribution in [1.29, 1.82) is 0 Å². The average Bonchev–Trinajstić information content (AvgIpc) is 3.09. The van der Waals surface area contributed by atoms with Crippen LogP contribution in [0.4, 0.5) is 19.1 Å². The van der Waals surface area contributed by atoms with E-state index in [1.54, 1.807) is 0 Å². The van der Waals surface area contributed by atoms with E-state index in [0.29, 0.717) is 4.47 Å². The van der Waals surface area contributed by atoms with Gasteiger partial charge in [0.2, 0.25) is 11.8 Å². The molecule has 0 bridgehead atoms. The Morgan fingerprint density at radius 3 is 2.67 bits per heavy atom. The first-order chi connectivity index (χ1) is 8.40. The molecular formula is C10H11BrF3N3O. The Kier molecular flexibility index (Phi) is 3.65. The van der Waals surface area contributed by atoms with Gasteiger partial charge in [-0.25, -0.2) is 4.98 Å². The van der Waals surface area contributed by atoms with Crippen molar-refractivity contribution in [2.75, 3.05) is 18.6 Å². The molecule has 0 radical (unpaired) electrons. The highest BCUT2D eigenvalue weighted by Gasteiger charge is 2.39. The predicted octanol–water partition coefficient (Wildman–Crippen LogP) is 2.78. The summed E-state index contributed by atoms with van der Waals surface area (Å²) in [5.41, 5.74) is 0. The maximum atomic E-state index is 12.5. The minimum absolute atomic E-state index is 0.0508. The molecule has 8 heteroatoms. The van der Waals surface area contributed by atoms with E-state index in [0.717, 1.165) is 12.8 Å². The monoisotopic (exact) mass is 325 g/mol. The third-order valence-electron chi connectivity index (χ3n) is 2.49. The molecule has 4 nitrogen and oxygen atoms in total. The van der Waals surface area contributed by atoms with Crippen LogP contribution in [0, 0.1) is 0 Å². The molecule has 1 aliphatic carbocycles. The van der Waals surface area contributed by atoms with Crippen molar-refractivity contribution in [3.63, 3.8) is 0 Å². The van der Waals surface area contributed by atoms with Gasteiger partial charge in [0, 0.05) is 6.04 Å². The summed E-state index contributed by atoms with van der Waals surface area (Å²) in [6.07, 6.45) is -1.41. The van der Waals surface area contributed by atoms with Gasteiger partial charge < -0.3 is 9.64 Å². The summed E-state index contributed by atoms with van der Waals surface area (Å²) >= 11 is 3.16. The maximum absolute atomic E-state index is 12.5. The smallest absolute Gasteiger partial charge is 0.406 e. The molecule has 0 N–H and O–H groups in total. The minimum Gasteiger partial charge on any atom is -0.480 e. The number of nitrogens with zero attached hydrogens (tertiary/aromatic N) is 3. The van der Waals surface area contributed by atoms with E-state index in [2.05, 4.69) is 25.9 Å². The van der Waals surface area contributed by atoms with Crippen LogP contribution in [0.25, 0.3) is 0 Å². The Bertz CT molecular complexity index is 437. The summed E-state index contributed by atoms with van der Waals surface area (Å²) in [4.78, 5) is 9.08. The summed E-state index contributed by atoms with van der Waals surface area (Å²) in [6, 6.07) is -0.127. The zero-order valence-electron chi connectivity index (χ0n) is 9.54. The van der Waals surface area contributed by atoms with Gasteiger partial charge in [-0.3, -0.25) is 0 Å². The zero-order valence-corrected chi connectivity index (χ0v) is 11.1. The second kappa shape index (κ2) is 4.91. The van der Waals surface area contributed by atoms with Crippen LogP contribution in [0.1, 0.15) is 12.8 Å². The molecule has 0 unspecified atom stereocenters. The number of ether oxygens (including phenoxy) is 1. The lowest BCUT2D eigenvalue weighted by atomic mass is 10.4. The van der Waals surface area contributed by atoms with E-state index in [1.807, 2.05) is 0 Å². The molecule has 1 heterocycles. The molecule has 0 aromatic carbocycles. The number of anilines is 1. The topological polar surface area (TPSA) is 38.2 Å². The first-order valence-electron chi connectivity index (χ1n) is 5.30. The van der Waals surface area contributed by atoms with Gasteiger partial charge in [0.25, 0.3) is 0 Å². The standard InChI is InChI=1S/C10H11BrF3N3O/c1-18-8-7(11)4-15-9(16-8)17(6-2-3-6)5-10(12,13)14/h4,6H,2-3,5H2,1H3. The molecule has 1 aromatic heterocycles. The summed E-state index contributed by atoms with van der Waals surface area (Å²) < 4.78 is 43.0. The molecule has 1 fully saturated rings. The second-order valence-corrected chi connectivity index (χ2v) is 4.86. The zero-order chi connectivity index (χ0) is 13.3. The van der Waals surface area contributed by atoms with Crippen molar-refractivity contribution in [1.82, 2.24) is 9.97 Å². The van der Waals surface area contributed by atoms with E-state index in [9.17, 15) is 13.2 Å². The first kappa shape index (κ1) is 13.4. The van der Waals surface area contributed by atoms with Gasteiger partial charge in [0.05, 0.1) is 17.8 Å². The third-order valence-corrected chi connectivity index (χ3v) is 3.03. The highest BCUT2D eigenvalue weighted by molar-refractivity contribution is 9.10. The highest BCUT2D eigenvalue weighted by Crippen LogP contribution is 2.34. The molecule has 0 spiro atoms. The molecule has 0 saturated heterocycles. The van der Waals surface area contributed by atoms with Gasteiger partial charge in [-0.15, -0.1) is 0 Å². The molecule has 18 heavy (non-hydrogen) atoms. The molecule has 100 valence electrons. The van der Waals surface area contributed by atoms with Crippen molar-refractivity contribution in [2.45, 2.75) is 25.1 Å². The second-order valence-electron chi connectivity index (χ2n) is 4.00. The van der Waals surface area contributed by atoms with Crippen LogP contribution in [-0.4, -0.2) is 35.8 Å². The van der Waals surface area contributed by atoms with Crippen molar-refractivity contribution < 1.29 is 17.9 Å². The van der Waals surface area contributed by atoms with Crippen LogP contribution in [-0.2, 0) is 0 Å². The molecule has 1 saturated carbocycles. The van der Waals surface area contributed by atoms with Gasteiger partial charge >= 0.3 is 6.18 Å². The van der Waals surface area contributed by atoms with Crippen LogP contribution < -0.4 is 9.64 Å². The molecule has 0 aliphatic heterocycles. The number of rotatable bonds is 4. The van der Waals surface area contributed by atoms with Crippen LogP contribution in [0.2, 0.25) is 0 Å². The summed E-state index contributed by atoms with van der Waals surface area (Å²) in [5.74, 6) is 0.280. The Balaban J connectivity index is 2.25. The fourth-order valence-corrected chi connectivity index (χ4v) is 1.92. The Hall–Kier alpha value is -1.05. The average molecular weight is 326 g/mol. The van der Waals surface area contributed by atoms with Crippen molar-refractivity contribution in [2.24, 2.45) is 0 Å². The molecular weight excluding hydrogens is 315 g/mol. The maximum Gasteiger partial charge on any atom is 0.406 e. The van der Waals surface area contributed by atoms with Gasteiger partial charge in [-0.1, -0.05) is 0 Å². The van der Waals surface area contributed by atoms with E-state index < -0.39 is 12.7 Å². The normalized spacial score (nSPS) is 15.6. The van der Waals surface area contributed by atoms with Crippen LogP contribution >= 0.6 is 15.9 Å². The fraction of sp³-hybridized carbons (Fsp3) is 0.600. The third kappa shape index (κ3) is 3.24. The van der Waals surface area contributed by atoms with Crippen molar-refractivity contribution in [3.05, 3.63) is 10.7 Å². The highest BCUT2D eigenvalue weighted by atomic mass is 79.9. The van der Waals surface area contributed by atoms with E-state index >= 15 is 0 Å². The van der Waals surface area contributed by atoms with E-state index in [1.165, 1.54) is 18.2 Å². The number of methoxy groups -OCH3 is 1. The number of halogens is 4. The fourth-order valence-electron chi connectivity index (χ4n) is 1.57.